The molecule has 2 heterocycles. The Morgan fingerprint density at radius 1 is 1.24 bits per heavy atom. The van der Waals surface area contributed by atoms with Gasteiger partial charge in [-0.05, 0) is 44.7 Å². The van der Waals surface area contributed by atoms with Crippen LogP contribution in [-0.4, -0.2) is 4.98 Å². The van der Waals surface area contributed by atoms with Crippen LogP contribution >= 0.6 is 11.3 Å². The van der Waals surface area contributed by atoms with Gasteiger partial charge in [0.05, 0.1) is 12.2 Å². The fraction of sp³-hybridized carbons (Fsp3) is 0.353. The van der Waals surface area contributed by atoms with E-state index in [1.165, 1.54) is 20.5 Å². The third-order valence-electron chi connectivity index (χ3n) is 3.91. The van der Waals surface area contributed by atoms with Crippen molar-refractivity contribution in [1.29, 1.82) is 0 Å². The number of oxazole rings is 1. The maximum Gasteiger partial charge on any atom is 0.208 e. The summed E-state index contributed by atoms with van der Waals surface area (Å²) in [5, 5.41) is 4.87. The minimum atomic E-state index is 0.287. The summed E-state index contributed by atoms with van der Waals surface area (Å²) in [5.74, 6) is 1.66. The number of hydrogen-bond donors (Lipinski definition) is 1. The average molecular weight is 300 g/mol. The Labute approximate surface area is 129 Å². The number of benzene rings is 1. The standard InChI is InChI=1S/C17H20N2OS/c1-10-14-7-5-6-8-15(14)21-17(10)12(3)18-9-16-19-11(2)13(4)20-16/h5-8,12,18H,9H2,1-4H3. The predicted octanol–water partition coefficient (Wildman–Crippen LogP) is 4.67. The van der Waals surface area contributed by atoms with Gasteiger partial charge in [-0.3, -0.25) is 0 Å². The number of aryl methyl sites for hydroxylation is 3. The monoisotopic (exact) mass is 300 g/mol. The smallest absolute Gasteiger partial charge is 0.208 e. The van der Waals surface area contributed by atoms with Crippen LogP contribution in [0.25, 0.3) is 10.1 Å². The van der Waals surface area contributed by atoms with E-state index < -0.39 is 0 Å². The molecule has 1 aromatic carbocycles. The number of thiophene rings is 1. The van der Waals surface area contributed by atoms with Crippen LogP contribution < -0.4 is 5.32 Å². The second kappa shape index (κ2) is 5.62. The van der Waals surface area contributed by atoms with Crippen LogP contribution in [0.4, 0.5) is 0 Å². The van der Waals surface area contributed by atoms with Crippen molar-refractivity contribution in [2.75, 3.05) is 0 Å². The minimum Gasteiger partial charge on any atom is -0.444 e. The maximum absolute atomic E-state index is 5.62. The highest BCUT2D eigenvalue weighted by Gasteiger charge is 2.15. The van der Waals surface area contributed by atoms with Crippen molar-refractivity contribution < 1.29 is 4.42 Å². The second-order valence-electron chi connectivity index (χ2n) is 5.44. The Bertz CT molecular complexity index is 753. The Balaban J connectivity index is 1.77. The number of hydrogen-bond acceptors (Lipinski definition) is 4. The highest BCUT2D eigenvalue weighted by molar-refractivity contribution is 7.19. The average Bonchev–Trinajstić information content (AvgIpc) is 2.98. The molecule has 0 spiro atoms. The van der Waals surface area contributed by atoms with Gasteiger partial charge in [-0.2, -0.15) is 0 Å². The van der Waals surface area contributed by atoms with Crippen LogP contribution in [0, 0.1) is 20.8 Å². The summed E-state index contributed by atoms with van der Waals surface area (Å²) in [6, 6.07) is 8.86. The maximum atomic E-state index is 5.62. The molecule has 0 aliphatic heterocycles. The molecule has 3 rings (SSSR count). The largest absolute Gasteiger partial charge is 0.444 e. The lowest BCUT2D eigenvalue weighted by atomic mass is 10.1. The Hall–Kier alpha value is -1.65. The van der Waals surface area contributed by atoms with Crippen LogP contribution in [0.1, 0.15) is 40.8 Å². The van der Waals surface area contributed by atoms with E-state index in [-0.39, 0.29) is 6.04 Å². The third kappa shape index (κ3) is 2.74. The van der Waals surface area contributed by atoms with Gasteiger partial charge >= 0.3 is 0 Å². The van der Waals surface area contributed by atoms with Crippen LogP contribution in [0.3, 0.4) is 0 Å². The minimum absolute atomic E-state index is 0.287. The molecule has 0 radical (unpaired) electrons. The van der Waals surface area contributed by atoms with E-state index in [1.54, 1.807) is 0 Å². The van der Waals surface area contributed by atoms with Crippen molar-refractivity contribution in [2.45, 2.75) is 40.3 Å². The van der Waals surface area contributed by atoms with E-state index in [1.807, 2.05) is 25.2 Å². The lowest BCUT2D eigenvalue weighted by Crippen LogP contribution is -2.18. The summed E-state index contributed by atoms with van der Waals surface area (Å²) < 4.78 is 6.97. The Kier molecular flexibility index (Phi) is 3.83. The molecule has 1 unspecified atom stereocenters. The summed E-state index contributed by atoms with van der Waals surface area (Å²) in [6.45, 7) is 8.98. The van der Waals surface area contributed by atoms with Gasteiger partial charge in [-0.25, -0.2) is 4.98 Å². The number of nitrogens with one attached hydrogen (secondary N) is 1. The summed E-state index contributed by atoms with van der Waals surface area (Å²) in [4.78, 5) is 5.80. The molecule has 1 N–H and O–H groups in total. The molecule has 3 aromatic rings. The van der Waals surface area contributed by atoms with Crippen LogP contribution in [-0.2, 0) is 6.54 Å². The SMILES string of the molecule is Cc1nc(CNC(C)c2sc3ccccc3c2C)oc1C. The molecule has 0 saturated heterocycles. The normalized spacial score (nSPS) is 13.0. The topological polar surface area (TPSA) is 38.1 Å². The Morgan fingerprint density at radius 3 is 2.67 bits per heavy atom. The van der Waals surface area contributed by atoms with Gasteiger partial charge in [0.25, 0.3) is 0 Å². The predicted molar refractivity (Wildman–Crippen MR) is 87.8 cm³/mol. The van der Waals surface area contributed by atoms with Crippen molar-refractivity contribution >= 4 is 21.4 Å². The quantitative estimate of drug-likeness (QED) is 0.761. The Morgan fingerprint density at radius 2 is 2.00 bits per heavy atom. The highest BCUT2D eigenvalue weighted by Crippen LogP contribution is 2.34. The van der Waals surface area contributed by atoms with E-state index in [4.69, 9.17) is 4.42 Å². The molecule has 2 aromatic heterocycles. The van der Waals surface area contributed by atoms with Crippen molar-refractivity contribution in [3.63, 3.8) is 0 Å². The van der Waals surface area contributed by atoms with E-state index in [2.05, 4.69) is 48.4 Å². The molecule has 3 nitrogen and oxygen atoms in total. The molecular weight excluding hydrogens is 280 g/mol. The lowest BCUT2D eigenvalue weighted by molar-refractivity contribution is 0.433. The molecule has 110 valence electrons. The van der Waals surface area contributed by atoms with Gasteiger partial charge in [0.1, 0.15) is 5.76 Å². The van der Waals surface area contributed by atoms with E-state index in [0.717, 1.165) is 17.3 Å². The highest BCUT2D eigenvalue weighted by atomic mass is 32.1. The molecule has 0 saturated carbocycles. The van der Waals surface area contributed by atoms with Crippen molar-refractivity contribution in [1.82, 2.24) is 10.3 Å². The van der Waals surface area contributed by atoms with Crippen molar-refractivity contribution in [2.24, 2.45) is 0 Å². The van der Waals surface area contributed by atoms with Gasteiger partial charge in [0.2, 0.25) is 5.89 Å². The molecule has 4 heteroatoms. The molecule has 0 aliphatic carbocycles. The number of nitrogens with zero attached hydrogens (tertiary/aromatic N) is 1. The van der Waals surface area contributed by atoms with Gasteiger partial charge in [-0.15, -0.1) is 11.3 Å². The number of fused-ring (bicyclic) bond motifs is 1. The van der Waals surface area contributed by atoms with Gasteiger partial charge in [0, 0.05) is 15.6 Å². The summed E-state index contributed by atoms with van der Waals surface area (Å²) in [5.41, 5.74) is 2.34. The zero-order valence-corrected chi connectivity index (χ0v) is 13.7. The fourth-order valence-corrected chi connectivity index (χ4v) is 3.79. The van der Waals surface area contributed by atoms with Crippen LogP contribution in [0.5, 0.6) is 0 Å². The first-order chi connectivity index (χ1) is 10.1. The first-order valence-electron chi connectivity index (χ1n) is 7.20. The first-order valence-corrected chi connectivity index (χ1v) is 8.02. The van der Waals surface area contributed by atoms with Crippen molar-refractivity contribution in [3.05, 3.63) is 52.1 Å². The summed E-state index contributed by atoms with van der Waals surface area (Å²) >= 11 is 1.86. The molecule has 0 bridgehead atoms. The van der Waals surface area contributed by atoms with E-state index in [9.17, 15) is 0 Å². The van der Waals surface area contributed by atoms with Crippen LogP contribution in [0.2, 0.25) is 0 Å². The lowest BCUT2D eigenvalue weighted by Gasteiger charge is -2.11. The van der Waals surface area contributed by atoms with Gasteiger partial charge in [0.15, 0.2) is 0 Å². The molecular formula is C17H20N2OS. The van der Waals surface area contributed by atoms with Gasteiger partial charge in [-0.1, -0.05) is 18.2 Å². The van der Waals surface area contributed by atoms with E-state index in [0.29, 0.717) is 6.54 Å². The fourth-order valence-electron chi connectivity index (χ4n) is 2.55. The molecule has 0 amide bonds. The summed E-state index contributed by atoms with van der Waals surface area (Å²) in [7, 11) is 0. The third-order valence-corrected chi connectivity index (χ3v) is 5.36. The molecule has 0 fully saturated rings. The zero-order valence-electron chi connectivity index (χ0n) is 12.9. The van der Waals surface area contributed by atoms with Crippen LogP contribution in [0.15, 0.2) is 28.7 Å². The molecule has 1 atom stereocenters. The first kappa shape index (κ1) is 14.3. The number of aromatic nitrogens is 1. The number of rotatable bonds is 4. The van der Waals surface area contributed by atoms with Gasteiger partial charge < -0.3 is 9.73 Å². The zero-order chi connectivity index (χ0) is 15.0. The molecule has 21 heavy (non-hydrogen) atoms. The van der Waals surface area contributed by atoms with E-state index >= 15 is 0 Å². The van der Waals surface area contributed by atoms with Crippen molar-refractivity contribution in [3.8, 4) is 0 Å². The summed E-state index contributed by atoms with van der Waals surface area (Å²) in [6.07, 6.45) is 0. The second-order valence-corrected chi connectivity index (χ2v) is 6.52. The molecule has 0 aliphatic rings.